The van der Waals surface area contributed by atoms with Gasteiger partial charge in [-0.3, -0.25) is 9.97 Å². The first-order valence-corrected chi connectivity index (χ1v) is 31.5. The van der Waals surface area contributed by atoms with Crippen molar-refractivity contribution >= 4 is 59.7 Å². The van der Waals surface area contributed by atoms with Gasteiger partial charge in [0.25, 0.3) is 0 Å². The molecule has 2 heterocycles. The average molecular weight is 1860 g/mol. The first kappa shape index (κ1) is 127. The van der Waals surface area contributed by atoms with Crippen LogP contribution in [0, 0.1) is 0 Å². The van der Waals surface area contributed by atoms with Crippen molar-refractivity contribution in [3.05, 3.63) is 419 Å². The fourth-order valence-corrected chi connectivity index (χ4v) is 7.04. The van der Waals surface area contributed by atoms with Crippen molar-refractivity contribution in [3.63, 3.8) is 0 Å². The second-order valence-corrected chi connectivity index (χ2v) is 20.1. The molecule has 118 heavy (non-hydrogen) atoms. The van der Waals surface area contributed by atoms with Gasteiger partial charge in [0.05, 0.1) is 59.7 Å². The van der Waals surface area contributed by atoms with E-state index in [9.17, 15) is 109 Å². The molecule has 6 radical (unpaired) electrons. The van der Waals surface area contributed by atoms with E-state index < -0.39 is 59.7 Å². The van der Waals surface area contributed by atoms with Gasteiger partial charge in [-0.05, 0) is 92.7 Å². The molecule has 0 fully saturated rings. The van der Waals surface area contributed by atoms with Crippen LogP contribution < -0.4 is 61.3 Å². The molecule has 0 amide bonds. The molecule has 0 saturated heterocycles. The number of carbonyl (C=O) groups excluding carboxylic acids is 10. The van der Waals surface area contributed by atoms with E-state index in [1.165, 1.54) is 121 Å². The number of carboxylic acid groups (broad SMARTS) is 10. The summed E-state index contributed by atoms with van der Waals surface area (Å²) in [6.07, 6.45) is 4.48. The molecular formula is C84H68Fe6N2O26. The Morgan fingerprint density at radius 1 is 0.186 bits per heavy atom. The molecule has 2 aromatic heterocycles. The van der Waals surface area contributed by atoms with Crippen LogP contribution in [-0.2, 0) is 126 Å². The van der Waals surface area contributed by atoms with Crippen molar-refractivity contribution in [1.82, 2.24) is 9.97 Å². The molecule has 618 valence electrons. The number of nitrogens with zero attached hydrogens (tertiary/aromatic N) is 2. The topological polar surface area (TPSA) is 590 Å². The summed E-state index contributed by atoms with van der Waals surface area (Å²) >= 11 is 0. The number of aromatic carboxylic acids is 10. The van der Waals surface area contributed by atoms with Gasteiger partial charge in [-0.1, -0.05) is 315 Å². The van der Waals surface area contributed by atoms with Crippen LogP contribution in [0.1, 0.15) is 115 Å². The summed E-state index contributed by atoms with van der Waals surface area (Å²) in [5.74, 6) is -11.3. The van der Waals surface area contributed by atoms with E-state index in [-0.39, 0.29) is 193 Å². The molecule has 0 bridgehead atoms. The minimum Gasteiger partial charge on any atom is -2.00 e. The molecule has 28 nitrogen and oxygen atoms in total. The molecule has 10 aromatic carbocycles. The second kappa shape index (κ2) is 81.6. The SMILES string of the molecule is O=C([O-])c1ccccc1.O=C([O-])c1ccccc1.O=C([O-])c1ccccc1.O=C([O-])c1ccccc1.O=C([O-])c1ccccc1.O=C([O-])c1ccccc1.O=C([O-])c1ccccc1.O=C([O-])c1ccccc1.O=C([O-])c1ccccc1.O=C([O-])c1ccccc1.[Fe+3].[Fe+3].[Fe+3].[Fe+3].[Fe+3].[Fe+3].[O-2].[O-2].[O-]CCc1ccccn1.[O-]CCc1ccccn1.[OH-].[OH-]. The summed E-state index contributed by atoms with van der Waals surface area (Å²) in [4.78, 5) is 109. The average Bonchev–Trinajstić information content (AvgIpc) is 0.954. The van der Waals surface area contributed by atoms with Gasteiger partial charge < -0.3 is 131 Å². The molecule has 0 saturated carbocycles. The summed E-state index contributed by atoms with van der Waals surface area (Å²) in [7, 11) is 0. The Balaban J connectivity index is -0.000000134. The molecule has 0 aliphatic heterocycles. The Hall–Kier alpha value is -11.9. The zero-order valence-corrected chi connectivity index (χ0v) is 67.6. The van der Waals surface area contributed by atoms with Crippen molar-refractivity contribution in [1.29, 1.82) is 0 Å². The number of aromatic nitrogens is 2. The third-order valence-electron chi connectivity index (χ3n) is 12.3. The maximum atomic E-state index is 10.1. The number of hydrogen-bond acceptors (Lipinski definition) is 26. The van der Waals surface area contributed by atoms with Crippen LogP contribution in [0.3, 0.4) is 0 Å². The maximum Gasteiger partial charge on any atom is 3.00 e. The van der Waals surface area contributed by atoms with Crippen molar-refractivity contribution in [2.45, 2.75) is 12.8 Å². The number of carboxylic acids is 10. The van der Waals surface area contributed by atoms with Gasteiger partial charge in [-0.2, -0.15) is 0 Å². The Labute approximate surface area is 742 Å². The molecule has 0 unspecified atom stereocenters. The molecule has 0 atom stereocenters. The summed E-state index contributed by atoms with van der Waals surface area (Å²) in [5.41, 5.74) is 3.96. The van der Waals surface area contributed by atoms with Gasteiger partial charge in [-0.15, -0.1) is 13.2 Å². The normalized spacial score (nSPS) is 8.22. The molecule has 0 aliphatic carbocycles. The summed E-state index contributed by atoms with van der Waals surface area (Å²) in [6.45, 7) is -0.145. The van der Waals surface area contributed by atoms with Crippen LogP contribution >= 0.6 is 0 Å². The van der Waals surface area contributed by atoms with E-state index in [0.29, 0.717) is 12.8 Å². The number of rotatable bonds is 14. The van der Waals surface area contributed by atoms with E-state index in [2.05, 4.69) is 9.97 Å². The smallest absolute Gasteiger partial charge is 2.00 e. The molecular weight excluding hydrogens is 1790 g/mol. The molecule has 12 rings (SSSR count). The largest absolute Gasteiger partial charge is 3.00 e. The number of carbonyl (C=O) groups is 10. The Kier molecular flexibility index (Phi) is 87.8. The summed E-state index contributed by atoms with van der Waals surface area (Å²) in [5, 5.41) is 121. The quantitative estimate of drug-likeness (QED) is 0.128. The van der Waals surface area contributed by atoms with Gasteiger partial charge in [0.15, 0.2) is 0 Å². The number of hydrogen-bond donors (Lipinski definition) is 0. The third kappa shape index (κ3) is 65.4. The standard InChI is InChI=1S/2C7H8NO.10C7H6O2.6Fe.2H2O.2O/c2*9-6-4-7-3-1-2-5-8-7;10*8-7(9)6-4-2-1-3-5-6;;;;;;;;;;/h2*1-3,5H,4,6H2;10*1-5H,(H,8,9);;;;;;;2*1H2;;/q2*-1;;;;;;;;;;;6*+3;;;2*-2/p-12. The molecule has 0 aliphatic rings. The summed E-state index contributed by atoms with van der Waals surface area (Å²) in [6, 6.07) is 91.8. The van der Waals surface area contributed by atoms with Crippen molar-refractivity contribution in [3.8, 4) is 0 Å². The van der Waals surface area contributed by atoms with Gasteiger partial charge >= 0.3 is 102 Å². The first-order valence-electron chi connectivity index (χ1n) is 31.5. The predicted octanol–water partition coefficient (Wildman–Crippen LogP) is -0.136. The molecule has 12 aromatic rings. The number of pyridine rings is 2. The minimum absolute atomic E-state index is 0. The fraction of sp³-hybridized carbons (Fsp3) is 0.0476. The molecule has 34 heteroatoms. The van der Waals surface area contributed by atoms with Crippen LogP contribution in [0.25, 0.3) is 0 Å². The van der Waals surface area contributed by atoms with Gasteiger partial charge in [0.2, 0.25) is 0 Å². The minimum atomic E-state index is -1.13. The number of benzene rings is 10. The van der Waals surface area contributed by atoms with E-state index in [0.717, 1.165) is 11.4 Å². The second-order valence-electron chi connectivity index (χ2n) is 20.1. The van der Waals surface area contributed by atoms with E-state index in [1.54, 1.807) is 194 Å². The first-order chi connectivity index (χ1) is 51.9. The van der Waals surface area contributed by atoms with Crippen molar-refractivity contribution in [2.24, 2.45) is 0 Å². The zero-order chi connectivity index (χ0) is 80.0. The van der Waals surface area contributed by atoms with Crippen LogP contribution in [0.4, 0.5) is 0 Å². The van der Waals surface area contributed by atoms with Crippen LogP contribution in [0.5, 0.6) is 0 Å². The van der Waals surface area contributed by atoms with E-state index in [4.69, 9.17) is 0 Å². The van der Waals surface area contributed by atoms with Crippen molar-refractivity contribution in [2.75, 3.05) is 13.2 Å². The Morgan fingerprint density at radius 3 is 0.356 bits per heavy atom. The van der Waals surface area contributed by atoms with Gasteiger partial charge in [0.1, 0.15) is 0 Å². The van der Waals surface area contributed by atoms with Crippen LogP contribution in [-0.4, -0.2) is 93.8 Å². The van der Waals surface area contributed by atoms with Crippen LogP contribution in [0.15, 0.2) is 352 Å². The Morgan fingerprint density at radius 2 is 0.288 bits per heavy atom. The predicted molar refractivity (Wildman–Crippen MR) is 379 cm³/mol. The molecule has 2 N–H and O–H groups in total. The van der Waals surface area contributed by atoms with E-state index >= 15 is 0 Å². The van der Waals surface area contributed by atoms with E-state index in [1.807, 2.05) is 36.4 Å². The fourth-order valence-electron chi connectivity index (χ4n) is 7.04. The monoisotopic (exact) mass is 1860 g/mol. The van der Waals surface area contributed by atoms with Crippen LogP contribution in [0.2, 0.25) is 0 Å². The van der Waals surface area contributed by atoms with Gasteiger partial charge in [0, 0.05) is 23.8 Å². The van der Waals surface area contributed by atoms with Crippen molar-refractivity contribution < 1.29 is 234 Å². The molecule has 0 spiro atoms. The third-order valence-corrected chi connectivity index (χ3v) is 12.3. The summed E-state index contributed by atoms with van der Waals surface area (Å²) < 4.78 is 0. The maximum absolute atomic E-state index is 10.1. The van der Waals surface area contributed by atoms with Gasteiger partial charge in [-0.25, -0.2) is 0 Å². The Bertz CT molecular complexity index is 3610. The zero-order valence-electron chi connectivity index (χ0n) is 61.0.